The Labute approximate surface area is 126 Å². The minimum Gasteiger partial charge on any atom is -0.437 e. The van der Waals surface area contributed by atoms with E-state index in [1.807, 2.05) is 38.2 Å². The zero-order valence-electron chi connectivity index (χ0n) is 11.5. The van der Waals surface area contributed by atoms with Crippen LogP contribution in [0.2, 0.25) is 0 Å². The van der Waals surface area contributed by atoms with E-state index in [2.05, 4.69) is 31.2 Å². The third kappa shape index (κ3) is 2.63. The van der Waals surface area contributed by atoms with Gasteiger partial charge in [-0.25, -0.2) is 4.98 Å². The van der Waals surface area contributed by atoms with Crippen LogP contribution in [-0.2, 0) is 0 Å². The normalized spacial score (nSPS) is 14.2. The molecule has 1 saturated carbocycles. The number of anilines is 1. The molecular weight excluding hydrogens is 318 g/mol. The standard InChI is InChI=1S/C15H16BrN3O/c1-9-13(17-2)18-14(10-7-8-10)19-15(9)20-12-6-4-3-5-11(12)16/h3-6,10H,7-8H2,1-2H3,(H,17,18,19). The van der Waals surface area contributed by atoms with Crippen molar-refractivity contribution < 1.29 is 4.74 Å². The van der Waals surface area contributed by atoms with Crippen molar-refractivity contribution in [2.24, 2.45) is 0 Å². The van der Waals surface area contributed by atoms with Gasteiger partial charge in [0.2, 0.25) is 5.88 Å². The molecule has 1 aliphatic rings. The average Bonchev–Trinajstić information content (AvgIpc) is 3.28. The molecule has 1 aromatic carbocycles. The molecule has 1 fully saturated rings. The summed E-state index contributed by atoms with van der Waals surface area (Å²) in [6.45, 7) is 1.97. The maximum atomic E-state index is 5.96. The number of ether oxygens (including phenoxy) is 1. The molecule has 1 N–H and O–H groups in total. The van der Waals surface area contributed by atoms with Gasteiger partial charge in [-0.2, -0.15) is 4.98 Å². The predicted octanol–water partition coefficient (Wildman–Crippen LogP) is 4.26. The van der Waals surface area contributed by atoms with E-state index in [0.29, 0.717) is 11.8 Å². The third-order valence-electron chi connectivity index (χ3n) is 3.34. The maximum absolute atomic E-state index is 5.96. The molecule has 1 heterocycles. The van der Waals surface area contributed by atoms with Crippen molar-refractivity contribution in [1.82, 2.24) is 9.97 Å². The van der Waals surface area contributed by atoms with Gasteiger partial charge in [0.1, 0.15) is 17.4 Å². The molecule has 0 aliphatic heterocycles. The van der Waals surface area contributed by atoms with Gasteiger partial charge in [-0.15, -0.1) is 0 Å². The Morgan fingerprint density at radius 2 is 2.00 bits per heavy atom. The van der Waals surface area contributed by atoms with Crippen LogP contribution in [0, 0.1) is 6.92 Å². The lowest BCUT2D eigenvalue weighted by atomic mass is 10.3. The number of hydrogen-bond donors (Lipinski definition) is 1. The predicted molar refractivity (Wildman–Crippen MR) is 82.5 cm³/mol. The molecule has 2 aromatic rings. The van der Waals surface area contributed by atoms with Crippen molar-refractivity contribution in [3.63, 3.8) is 0 Å². The lowest BCUT2D eigenvalue weighted by Crippen LogP contribution is -2.04. The zero-order valence-corrected chi connectivity index (χ0v) is 13.1. The second-order valence-corrected chi connectivity index (χ2v) is 5.77. The van der Waals surface area contributed by atoms with Crippen molar-refractivity contribution in [1.29, 1.82) is 0 Å². The van der Waals surface area contributed by atoms with E-state index >= 15 is 0 Å². The highest BCUT2D eigenvalue weighted by atomic mass is 79.9. The summed E-state index contributed by atoms with van der Waals surface area (Å²) in [4.78, 5) is 9.15. The molecule has 0 unspecified atom stereocenters. The van der Waals surface area contributed by atoms with E-state index < -0.39 is 0 Å². The number of rotatable bonds is 4. The highest BCUT2D eigenvalue weighted by Crippen LogP contribution is 2.40. The van der Waals surface area contributed by atoms with E-state index in [9.17, 15) is 0 Å². The Morgan fingerprint density at radius 1 is 1.25 bits per heavy atom. The Bertz CT molecular complexity index is 641. The van der Waals surface area contributed by atoms with Gasteiger partial charge in [-0.1, -0.05) is 12.1 Å². The van der Waals surface area contributed by atoms with Crippen LogP contribution in [0.5, 0.6) is 11.6 Å². The molecule has 4 nitrogen and oxygen atoms in total. The Morgan fingerprint density at radius 3 is 2.65 bits per heavy atom. The molecular formula is C15H16BrN3O. The minimum atomic E-state index is 0.490. The molecule has 3 rings (SSSR count). The molecule has 0 amide bonds. The largest absolute Gasteiger partial charge is 0.437 e. The fourth-order valence-electron chi connectivity index (χ4n) is 2.01. The molecule has 104 valence electrons. The third-order valence-corrected chi connectivity index (χ3v) is 4.00. The van der Waals surface area contributed by atoms with Crippen LogP contribution in [0.1, 0.15) is 30.1 Å². The first-order chi connectivity index (χ1) is 9.69. The Balaban J connectivity index is 1.99. The summed E-state index contributed by atoms with van der Waals surface area (Å²) in [5, 5.41) is 3.12. The van der Waals surface area contributed by atoms with Gasteiger partial charge in [-0.3, -0.25) is 0 Å². The van der Waals surface area contributed by atoms with Crippen molar-refractivity contribution in [2.75, 3.05) is 12.4 Å². The molecule has 0 bridgehead atoms. The summed E-state index contributed by atoms with van der Waals surface area (Å²) >= 11 is 3.49. The summed E-state index contributed by atoms with van der Waals surface area (Å²) in [6, 6.07) is 7.77. The lowest BCUT2D eigenvalue weighted by Gasteiger charge is -2.13. The van der Waals surface area contributed by atoms with Gasteiger partial charge < -0.3 is 10.1 Å². The Kier molecular flexibility index (Phi) is 3.61. The smallest absolute Gasteiger partial charge is 0.227 e. The molecule has 20 heavy (non-hydrogen) atoms. The van der Waals surface area contributed by atoms with Gasteiger partial charge in [-0.05, 0) is 47.8 Å². The summed E-state index contributed by atoms with van der Waals surface area (Å²) in [7, 11) is 1.87. The fourth-order valence-corrected chi connectivity index (χ4v) is 2.38. The van der Waals surface area contributed by atoms with Crippen LogP contribution in [-0.4, -0.2) is 17.0 Å². The van der Waals surface area contributed by atoms with Gasteiger partial charge >= 0.3 is 0 Å². The van der Waals surface area contributed by atoms with Gasteiger partial charge in [0.25, 0.3) is 0 Å². The highest BCUT2D eigenvalue weighted by molar-refractivity contribution is 9.10. The molecule has 1 aromatic heterocycles. The van der Waals surface area contributed by atoms with E-state index in [-0.39, 0.29) is 0 Å². The van der Waals surface area contributed by atoms with E-state index in [0.717, 1.165) is 27.4 Å². The number of hydrogen-bond acceptors (Lipinski definition) is 4. The van der Waals surface area contributed by atoms with Crippen LogP contribution in [0.4, 0.5) is 5.82 Å². The van der Waals surface area contributed by atoms with Gasteiger partial charge in [0, 0.05) is 13.0 Å². The first-order valence-electron chi connectivity index (χ1n) is 6.67. The number of aromatic nitrogens is 2. The van der Waals surface area contributed by atoms with Gasteiger partial charge in [0.05, 0.1) is 10.0 Å². The van der Waals surface area contributed by atoms with Crippen LogP contribution >= 0.6 is 15.9 Å². The second-order valence-electron chi connectivity index (χ2n) is 4.92. The molecule has 0 saturated heterocycles. The highest BCUT2D eigenvalue weighted by Gasteiger charge is 2.28. The van der Waals surface area contributed by atoms with Crippen molar-refractivity contribution in [3.05, 3.63) is 40.1 Å². The minimum absolute atomic E-state index is 0.490. The molecule has 5 heteroatoms. The van der Waals surface area contributed by atoms with Crippen LogP contribution in [0.15, 0.2) is 28.7 Å². The summed E-state index contributed by atoms with van der Waals surface area (Å²) in [5.74, 6) is 3.59. The van der Waals surface area contributed by atoms with E-state index in [1.54, 1.807) is 0 Å². The summed E-state index contributed by atoms with van der Waals surface area (Å²) < 4.78 is 6.88. The summed E-state index contributed by atoms with van der Waals surface area (Å²) in [5.41, 5.74) is 0.924. The fraction of sp³-hybridized carbons (Fsp3) is 0.333. The van der Waals surface area contributed by atoms with Gasteiger partial charge in [0.15, 0.2) is 0 Å². The average molecular weight is 334 g/mol. The summed E-state index contributed by atoms with van der Waals surface area (Å²) in [6.07, 6.45) is 2.33. The van der Waals surface area contributed by atoms with E-state index in [4.69, 9.17) is 4.74 Å². The topological polar surface area (TPSA) is 47.0 Å². The quantitative estimate of drug-likeness (QED) is 0.908. The number of halogens is 1. The molecule has 0 atom stereocenters. The zero-order chi connectivity index (χ0) is 14.1. The van der Waals surface area contributed by atoms with Crippen molar-refractivity contribution in [2.45, 2.75) is 25.7 Å². The molecule has 0 radical (unpaired) electrons. The maximum Gasteiger partial charge on any atom is 0.227 e. The van der Waals surface area contributed by atoms with Crippen LogP contribution < -0.4 is 10.1 Å². The second kappa shape index (κ2) is 5.40. The Hall–Kier alpha value is -1.62. The lowest BCUT2D eigenvalue weighted by molar-refractivity contribution is 0.452. The van der Waals surface area contributed by atoms with E-state index in [1.165, 1.54) is 12.8 Å². The molecule has 1 aliphatic carbocycles. The SMILES string of the molecule is CNc1nc(C2CC2)nc(Oc2ccccc2Br)c1C. The first kappa shape index (κ1) is 13.4. The van der Waals surface area contributed by atoms with Crippen molar-refractivity contribution >= 4 is 21.7 Å². The van der Waals surface area contributed by atoms with Crippen LogP contribution in [0.25, 0.3) is 0 Å². The van der Waals surface area contributed by atoms with Crippen LogP contribution in [0.3, 0.4) is 0 Å². The number of nitrogens with one attached hydrogen (secondary N) is 1. The number of nitrogens with zero attached hydrogens (tertiary/aromatic N) is 2. The number of para-hydroxylation sites is 1. The first-order valence-corrected chi connectivity index (χ1v) is 7.47. The monoisotopic (exact) mass is 333 g/mol. The number of benzene rings is 1. The molecule has 0 spiro atoms. The van der Waals surface area contributed by atoms with Crippen molar-refractivity contribution in [3.8, 4) is 11.6 Å².